The molecule has 0 atom stereocenters. The number of carbonyl (C=O) groups is 1. The highest BCUT2D eigenvalue weighted by Gasteiger charge is 2.24. The van der Waals surface area contributed by atoms with E-state index in [1.54, 1.807) is 36.0 Å². The number of nitrogens with one attached hydrogen (secondary N) is 2. The van der Waals surface area contributed by atoms with Crippen LogP contribution in [0.15, 0.2) is 48.7 Å². The maximum atomic E-state index is 12.6. The van der Waals surface area contributed by atoms with E-state index >= 15 is 0 Å². The first-order valence-corrected chi connectivity index (χ1v) is 14.7. The van der Waals surface area contributed by atoms with Crippen LogP contribution in [0.3, 0.4) is 0 Å². The van der Waals surface area contributed by atoms with Crippen molar-refractivity contribution in [3.05, 3.63) is 65.4 Å². The monoisotopic (exact) mass is 549 g/mol. The van der Waals surface area contributed by atoms with Crippen molar-refractivity contribution in [3.63, 3.8) is 0 Å². The first-order valence-electron chi connectivity index (χ1n) is 12.7. The van der Waals surface area contributed by atoms with Crippen LogP contribution in [0, 0.1) is 13.8 Å². The number of fused-ring (bicyclic) bond motifs is 1. The number of ether oxygens (including phenoxy) is 2. The second-order valence-electron chi connectivity index (χ2n) is 9.84. The van der Waals surface area contributed by atoms with Crippen molar-refractivity contribution >= 4 is 27.1 Å². The predicted molar refractivity (Wildman–Crippen MR) is 150 cm³/mol. The van der Waals surface area contributed by atoms with Gasteiger partial charge >= 0.3 is 0 Å². The van der Waals surface area contributed by atoms with Gasteiger partial charge in [0.05, 0.1) is 30.4 Å². The van der Waals surface area contributed by atoms with E-state index in [0.717, 1.165) is 29.5 Å². The van der Waals surface area contributed by atoms with Crippen LogP contribution in [-0.2, 0) is 9.84 Å². The van der Waals surface area contributed by atoms with E-state index in [4.69, 9.17) is 14.6 Å². The third-order valence-electron chi connectivity index (χ3n) is 6.51. The lowest BCUT2D eigenvalue weighted by Crippen LogP contribution is -2.26. The highest BCUT2D eigenvalue weighted by molar-refractivity contribution is 7.90. The molecule has 4 aromatic rings. The fraction of sp³-hybridized carbons (Fsp3) is 0.321. The number of hydrogen-bond donors (Lipinski definition) is 2. The van der Waals surface area contributed by atoms with Gasteiger partial charge in [-0.3, -0.25) is 4.79 Å². The molecule has 11 heteroatoms. The summed E-state index contributed by atoms with van der Waals surface area (Å²) in [5.74, 6) is 1.52. The van der Waals surface area contributed by atoms with Crippen LogP contribution in [0.5, 0.6) is 17.4 Å². The fourth-order valence-corrected chi connectivity index (χ4v) is 4.71. The number of benzene rings is 2. The molecule has 1 fully saturated rings. The molecule has 1 amide bonds. The molecule has 1 aliphatic rings. The first-order chi connectivity index (χ1) is 18.6. The topological polar surface area (TPSA) is 124 Å². The molecule has 2 heterocycles. The summed E-state index contributed by atoms with van der Waals surface area (Å²) in [5.41, 5.74) is 4.97. The second-order valence-corrected chi connectivity index (χ2v) is 12.1. The molecule has 0 saturated heterocycles. The van der Waals surface area contributed by atoms with Crippen molar-refractivity contribution in [2.24, 2.45) is 0 Å². The summed E-state index contributed by atoms with van der Waals surface area (Å²) < 4.78 is 36.5. The Kier molecular flexibility index (Phi) is 7.17. The maximum Gasteiger partial charge on any atom is 0.251 e. The molecule has 0 aliphatic heterocycles. The Labute approximate surface area is 227 Å². The molecule has 0 unspecified atom stereocenters. The minimum absolute atomic E-state index is 0.0353. The van der Waals surface area contributed by atoms with Crippen molar-refractivity contribution in [1.29, 1.82) is 0 Å². The zero-order chi connectivity index (χ0) is 27.7. The van der Waals surface area contributed by atoms with Crippen LogP contribution in [-0.4, -0.2) is 60.6 Å². The van der Waals surface area contributed by atoms with Crippen LogP contribution in [0.4, 0.5) is 5.69 Å². The average molecular weight is 550 g/mol. The van der Waals surface area contributed by atoms with Gasteiger partial charge in [0, 0.05) is 36.0 Å². The molecule has 204 valence electrons. The number of amides is 1. The Bertz CT molecular complexity index is 1660. The quantitative estimate of drug-likeness (QED) is 0.302. The van der Waals surface area contributed by atoms with Crippen LogP contribution in [0.1, 0.15) is 34.3 Å². The van der Waals surface area contributed by atoms with Crippen molar-refractivity contribution in [1.82, 2.24) is 19.9 Å². The normalized spacial score (nSPS) is 13.3. The zero-order valence-electron chi connectivity index (χ0n) is 22.3. The second kappa shape index (κ2) is 10.6. The van der Waals surface area contributed by atoms with Crippen molar-refractivity contribution in [2.45, 2.75) is 32.7 Å². The lowest BCUT2D eigenvalue weighted by Gasteiger charge is -2.13. The van der Waals surface area contributed by atoms with Crippen LogP contribution >= 0.6 is 0 Å². The number of anilines is 1. The van der Waals surface area contributed by atoms with Gasteiger partial charge in [0.1, 0.15) is 21.3 Å². The largest absolute Gasteiger partial charge is 0.497 e. The maximum absolute atomic E-state index is 12.6. The highest BCUT2D eigenvalue weighted by Crippen LogP contribution is 2.32. The molecule has 5 rings (SSSR count). The Morgan fingerprint density at radius 3 is 2.56 bits per heavy atom. The van der Waals surface area contributed by atoms with E-state index in [2.05, 4.69) is 15.6 Å². The Morgan fingerprint density at radius 1 is 1.10 bits per heavy atom. The molecule has 2 N–H and O–H groups in total. The minimum Gasteiger partial charge on any atom is -0.497 e. The third kappa shape index (κ3) is 6.14. The zero-order valence-corrected chi connectivity index (χ0v) is 23.1. The van der Waals surface area contributed by atoms with Crippen LogP contribution < -0.4 is 20.1 Å². The third-order valence-corrected chi connectivity index (χ3v) is 7.46. The number of aromatic nitrogens is 3. The standard InChI is InChI=1S/C28H31N5O5S/c1-17-13-19(5-9-22(17)28(34)31-20-6-7-20)24-16-30-27-23(29-11-12-39(4,35)36)15-26(32-33(24)27)38-25-10-8-21(37-3)14-18(25)2/h5,8-10,13-16,20,29H,6-7,11-12H2,1-4H3,(H,31,34). The number of carbonyl (C=O) groups excluding carboxylic acids is 1. The van der Waals surface area contributed by atoms with Gasteiger partial charge in [-0.25, -0.2) is 17.9 Å². The molecule has 0 spiro atoms. The summed E-state index contributed by atoms with van der Waals surface area (Å²) in [5, 5.41) is 10.9. The number of sulfone groups is 1. The summed E-state index contributed by atoms with van der Waals surface area (Å²) in [6.07, 6.45) is 4.95. The summed E-state index contributed by atoms with van der Waals surface area (Å²) in [6.45, 7) is 4.01. The molecule has 2 aromatic heterocycles. The van der Waals surface area contributed by atoms with Crippen molar-refractivity contribution in [3.8, 4) is 28.6 Å². The first kappa shape index (κ1) is 26.5. The summed E-state index contributed by atoms with van der Waals surface area (Å²) in [4.78, 5) is 17.2. The van der Waals surface area contributed by atoms with Gasteiger partial charge in [-0.1, -0.05) is 6.07 Å². The molecule has 2 aromatic carbocycles. The van der Waals surface area contributed by atoms with E-state index in [-0.39, 0.29) is 24.2 Å². The molecule has 39 heavy (non-hydrogen) atoms. The summed E-state index contributed by atoms with van der Waals surface area (Å²) in [7, 11) is -1.55. The number of imidazole rings is 1. The van der Waals surface area contributed by atoms with Gasteiger partial charge < -0.3 is 20.1 Å². The van der Waals surface area contributed by atoms with Gasteiger partial charge in [-0.15, -0.1) is 5.10 Å². The molecular formula is C28H31N5O5S. The molecule has 1 saturated carbocycles. The van der Waals surface area contributed by atoms with Gasteiger partial charge in [-0.2, -0.15) is 0 Å². The molecule has 0 radical (unpaired) electrons. The fourth-order valence-electron chi connectivity index (χ4n) is 4.24. The number of rotatable bonds is 10. The van der Waals surface area contributed by atoms with Crippen molar-refractivity contribution in [2.75, 3.05) is 31.0 Å². The highest BCUT2D eigenvalue weighted by atomic mass is 32.2. The molecule has 10 nitrogen and oxygen atoms in total. The average Bonchev–Trinajstić information content (AvgIpc) is 3.59. The smallest absolute Gasteiger partial charge is 0.251 e. The van der Waals surface area contributed by atoms with E-state index in [1.807, 2.05) is 38.1 Å². The number of hydrogen-bond acceptors (Lipinski definition) is 8. The molecule has 0 bridgehead atoms. The van der Waals surface area contributed by atoms with Gasteiger partial charge in [0.2, 0.25) is 5.88 Å². The van der Waals surface area contributed by atoms with E-state index in [0.29, 0.717) is 40.0 Å². The van der Waals surface area contributed by atoms with E-state index < -0.39 is 9.84 Å². The Balaban J connectivity index is 1.52. The van der Waals surface area contributed by atoms with Gasteiger partial charge in [0.25, 0.3) is 5.91 Å². The van der Waals surface area contributed by atoms with Crippen LogP contribution in [0.2, 0.25) is 0 Å². The summed E-state index contributed by atoms with van der Waals surface area (Å²) in [6, 6.07) is 13.1. The Hall–Kier alpha value is -4.12. The van der Waals surface area contributed by atoms with Crippen molar-refractivity contribution < 1.29 is 22.7 Å². The van der Waals surface area contributed by atoms with E-state index in [1.165, 1.54) is 6.26 Å². The number of aryl methyl sites for hydroxylation is 2. The number of methoxy groups -OCH3 is 1. The molecular weight excluding hydrogens is 518 g/mol. The summed E-state index contributed by atoms with van der Waals surface area (Å²) >= 11 is 0. The lowest BCUT2D eigenvalue weighted by molar-refractivity contribution is 0.0950. The Morgan fingerprint density at radius 2 is 1.90 bits per heavy atom. The van der Waals surface area contributed by atoms with Gasteiger partial charge in [-0.05, 0) is 68.1 Å². The molecule has 1 aliphatic carbocycles. The van der Waals surface area contributed by atoms with Crippen LogP contribution in [0.25, 0.3) is 16.9 Å². The predicted octanol–water partition coefficient (Wildman–Crippen LogP) is 4.16. The lowest BCUT2D eigenvalue weighted by atomic mass is 10.0. The number of nitrogens with zero attached hydrogens (tertiary/aromatic N) is 3. The van der Waals surface area contributed by atoms with E-state index in [9.17, 15) is 13.2 Å². The minimum atomic E-state index is -3.16. The van der Waals surface area contributed by atoms with Gasteiger partial charge in [0.15, 0.2) is 5.65 Å². The SMILES string of the molecule is COc1ccc(Oc2cc(NCCS(C)(=O)=O)c3ncc(-c4ccc(C(=O)NC5CC5)c(C)c4)n3n2)c(C)c1.